The molecule has 3 aromatic carbocycles. The van der Waals surface area contributed by atoms with Crippen LogP contribution in [0.5, 0.6) is 11.5 Å². The van der Waals surface area contributed by atoms with Gasteiger partial charge in [-0.3, -0.25) is 9.44 Å². The number of nitrogens with one attached hydrogen (secondary N) is 2. The van der Waals surface area contributed by atoms with Crippen molar-refractivity contribution in [3.63, 3.8) is 0 Å². The summed E-state index contributed by atoms with van der Waals surface area (Å²) in [6.07, 6.45) is 2.78. The first-order chi connectivity index (χ1) is 15.7. The first-order valence-electron chi connectivity index (χ1n) is 10.2. The Bertz CT molecular complexity index is 1400. The minimum atomic E-state index is -4.04. The zero-order valence-corrected chi connectivity index (χ0v) is 19.8. The van der Waals surface area contributed by atoms with E-state index in [0.717, 1.165) is 30.4 Å². The number of para-hydroxylation sites is 2. The van der Waals surface area contributed by atoms with Gasteiger partial charge in [0.2, 0.25) is 0 Å². The SMILES string of the molecule is COc1ccccc1NS(=O)(=O)c1ccc(OC)c(NS(=O)(=O)c2ccc3c(c2)CCC3)c1. The van der Waals surface area contributed by atoms with Crippen LogP contribution in [0.25, 0.3) is 0 Å². The molecule has 0 fully saturated rings. The normalized spacial score (nSPS) is 13.3. The molecule has 4 rings (SSSR count). The van der Waals surface area contributed by atoms with Gasteiger partial charge < -0.3 is 9.47 Å². The maximum absolute atomic E-state index is 13.1. The summed E-state index contributed by atoms with van der Waals surface area (Å²) in [6.45, 7) is 0. The maximum atomic E-state index is 13.1. The molecule has 3 aromatic rings. The van der Waals surface area contributed by atoms with Crippen LogP contribution in [0.2, 0.25) is 0 Å². The van der Waals surface area contributed by atoms with Gasteiger partial charge in [-0.25, -0.2) is 16.8 Å². The molecule has 0 heterocycles. The van der Waals surface area contributed by atoms with Crippen molar-refractivity contribution in [1.29, 1.82) is 0 Å². The number of sulfonamides is 2. The third kappa shape index (κ3) is 4.76. The Labute approximate surface area is 193 Å². The quantitative estimate of drug-likeness (QED) is 0.499. The first-order valence-corrected chi connectivity index (χ1v) is 13.2. The number of ether oxygens (including phenoxy) is 2. The zero-order valence-electron chi connectivity index (χ0n) is 18.2. The second kappa shape index (κ2) is 8.95. The molecule has 2 N–H and O–H groups in total. The average molecular weight is 489 g/mol. The van der Waals surface area contributed by atoms with Gasteiger partial charge in [-0.2, -0.15) is 0 Å². The Kier molecular flexibility index (Phi) is 6.22. The number of fused-ring (bicyclic) bond motifs is 1. The highest BCUT2D eigenvalue weighted by molar-refractivity contribution is 7.93. The molecule has 174 valence electrons. The lowest BCUT2D eigenvalue weighted by Gasteiger charge is -2.15. The molecule has 0 aliphatic heterocycles. The van der Waals surface area contributed by atoms with Crippen molar-refractivity contribution in [3.8, 4) is 11.5 Å². The molecular weight excluding hydrogens is 464 g/mol. The summed E-state index contributed by atoms with van der Waals surface area (Å²) in [5, 5.41) is 0. The lowest BCUT2D eigenvalue weighted by atomic mass is 10.1. The highest BCUT2D eigenvalue weighted by Crippen LogP contribution is 2.33. The number of anilines is 2. The fraction of sp³-hybridized carbons (Fsp3) is 0.217. The van der Waals surface area contributed by atoms with Crippen LogP contribution < -0.4 is 18.9 Å². The number of aryl methyl sites for hydroxylation is 2. The van der Waals surface area contributed by atoms with Crippen LogP contribution in [-0.4, -0.2) is 31.1 Å². The average Bonchev–Trinajstić information content (AvgIpc) is 3.27. The summed E-state index contributed by atoms with van der Waals surface area (Å²) in [4.78, 5) is -0.0218. The topological polar surface area (TPSA) is 111 Å². The number of rotatable bonds is 8. The second-order valence-electron chi connectivity index (χ2n) is 7.56. The molecule has 8 nitrogen and oxygen atoms in total. The minimum absolute atomic E-state index is 0.0147. The van der Waals surface area contributed by atoms with Crippen LogP contribution in [0.15, 0.2) is 70.5 Å². The maximum Gasteiger partial charge on any atom is 0.262 e. The molecule has 10 heteroatoms. The van der Waals surface area contributed by atoms with Gasteiger partial charge in [0.15, 0.2) is 0 Å². The van der Waals surface area contributed by atoms with E-state index in [4.69, 9.17) is 9.47 Å². The monoisotopic (exact) mass is 488 g/mol. The molecule has 0 radical (unpaired) electrons. The molecule has 33 heavy (non-hydrogen) atoms. The number of benzene rings is 3. The smallest absolute Gasteiger partial charge is 0.262 e. The molecule has 0 aromatic heterocycles. The predicted octanol–water partition coefficient (Wildman–Crippen LogP) is 3.79. The van der Waals surface area contributed by atoms with Crippen LogP contribution in [0, 0.1) is 0 Å². The van der Waals surface area contributed by atoms with Crippen molar-refractivity contribution in [2.24, 2.45) is 0 Å². The molecule has 0 bridgehead atoms. The molecule has 0 amide bonds. The Balaban J connectivity index is 1.67. The van der Waals surface area contributed by atoms with E-state index in [1.807, 2.05) is 6.07 Å². The van der Waals surface area contributed by atoms with Crippen LogP contribution >= 0.6 is 0 Å². The summed E-state index contributed by atoms with van der Waals surface area (Å²) in [5.74, 6) is 0.545. The van der Waals surface area contributed by atoms with Crippen LogP contribution in [0.3, 0.4) is 0 Å². The highest BCUT2D eigenvalue weighted by Gasteiger charge is 2.23. The second-order valence-corrected chi connectivity index (χ2v) is 10.9. The molecule has 0 saturated carbocycles. The summed E-state index contributed by atoms with van der Waals surface area (Å²) >= 11 is 0. The number of methoxy groups -OCH3 is 2. The van der Waals surface area contributed by atoms with Gasteiger partial charge in [0.25, 0.3) is 20.0 Å². The molecule has 1 aliphatic carbocycles. The van der Waals surface area contributed by atoms with Gasteiger partial charge in [0.1, 0.15) is 11.5 Å². The molecule has 1 aliphatic rings. The summed E-state index contributed by atoms with van der Waals surface area (Å²) in [7, 11) is -5.19. The number of hydrogen-bond acceptors (Lipinski definition) is 6. The van der Waals surface area contributed by atoms with E-state index >= 15 is 0 Å². The van der Waals surface area contributed by atoms with E-state index in [-0.39, 0.29) is 26.9 Å². The lowest BCUT2D eigenvalue weighted by molar-refractivity contribution is 0.416. The van der Waals surface area contributed by atoms with E-state index in [1.165, 1.54) is 32.4 Å². The van der Waals surface area contributed by atoms with Crippen LogP contribution in [0.4, 0.5) is 11.4 Å². The highest BCUT2D eigenvalue weighted by atomic mass is 32.2. The van der Waals surface area contributed by atoms with Crippen LogP contribution in [0.1, 0.15) is 17.5 Å². The third-order valence-corrected chi connectivity index (χ3v) is 8.18. The van der Waals surface area contributed by atoms with E-state index in [0.29, 0.717) is 5.75 Å². The lowest BCUT2D eigenvalue weighted by Crippen LogP contribution is -2.16. The van der Waals surface area contributed by atoms with Gasteiger partial charge in [-0.15, -0.1) is 0 Å². The van der Waals surface area contributed by atoms with Crippen molar-refractivity contribution in [2.75, 3.05) is 23.7 Å². The van der Waals surface area contributed by atoms with Crippen LogP contribution in [-0.2, 0) is 32.9 Å². The van der Waals surface area contributed by atoms with E-state index in [9.17, 15) is 16.8 Å². The van der Waals surface area contributed by atoms with Gasteiger partial charge in [0, 0.05) is 0 Å². The van der Waals surface area contributed by atoms with Gasteiger partial charge in [-0.05, 0) is 72.9 Å². The van der Waals surface area contributed by atoms with E-state index in [1.54, 1.807) is 36.4 Å². The molecule has 0 atom stereocenters. The summed E-state index contributed by atoms with van der Waals surface area (Å²) < 4.78 is 67.5. The van der Waals surface area contributed by atoms with Gasteiger partial charge >= 0.3 is 0 Å². The molecule has 0 unspecified atom stereocenters. The number of hydrogen-bond donors (Lipinski definition) is 2. The van der Waals surface area contributed by atoms with E-state index in [2.05, 4.69) is 9.44 Å². The largest absolute Gasteiger partial charge is 0.495 e. The summed E-state index contributed by atoms with van der Waals surface area (Å²) in [6, 6.07) is 15.6. The fourth-order valence-corrected chi connectivity index (χ4v) is 5.99. The van der Waals surface area contributed by atoms with Gasteiger partial charge in [0.05, 0.1) is 35.4 Å². The predicted molar refractivity (Wildman–Crippen MR) is 126 cm³/mol. The van der Waals surface area contributed by atoms with Crippen molar-refractivity contribution < 1.29 is 26.3 Å². The fourth-order valence-electron chi connectivity index (χ4n) is 3.79. The standard InChI is InChI=1S/C23H24N2O6S2/c1-30-22-9-4-3-8-20(22)24-33(28,29)19-12-13-23(31-2)21(15-19)25-32(26,27)18-11-10-16-6-5-7-17(16)14-18/h3-4,8-15,24-25H,5-7H2,1-2H3. The zero-order chi connectivity index (χ0) is 23.6. The Hall–Kier alpha value is -3.24. The first kappa shape index (κ1) is 22.9. The summed E-state index contributed by atoms with van der Waals surface area (Å²) in [5.41, 5.74) is 2.45. The van der Waals surface area contributed by atoms with Gasteiger partial charge in [-0.1, -0.05) is 18.2 Å². The third-order valence-electron chi connectivity index (χ3n) is 5.46. The molecular formula is C23H24N2O6S2. The van der Waals surface area contributed by atoms with Crippen molar-refractivity contribution in [2.45, 2.75) is 29.1 Å². The Morgan fingerprint density at radius 2 is 1.24 bits per heavy atom. The Morgan fingerprint density at radius 1 is 0.667 bits per heavy atom. The molecule has 0 spiro atoms. The van der Waals surface area contributed by atoms with Crippen molar-refractivity contribution in [1.82, 2.24) is 0 Å². The molecule has 0 saturated heterocycles. The van der Waals surface area contributed by atoms with Crippen molar-refractivity contribution >= 4 is 31.4 Å². The minimum Gasteiger partial charge on any atom is -0.495 e. The Morgan fingerprint density at radius 3 is 1.97 bits per heavy atom. The van der Waals surface area contributed by atoms with E-state index < -0.39 is 20.0 Å². The van der Waals surface area contributed by atoms with Crippen molar-refractivity contribution in [3.05, 3.63) is 71.8 Å².